The maximum atomic E-state index is 15.0. The molecule has 0 amide bonds. The molecule has 1 aliphatic rings. The summed E-state index contributed by atoms with van der Waals surface area (Å²) >= 11 is 0. The van der Waals surface area contributed by atoms with Crippen LogP contribution in [0.3, 0.4) is 0 Å². The molecule has 1 atom stereocenters. The Bertz CT molecular complexity index is 1260. The number of hydrogen-bond acceptors (Lipinski definition) is 7. The minimum absolute atomic E-state index is 0.00567. The molecule has 1 aliphatic heterocycles. The molecule has 1 unspecified atom stereocenters. The third-order valence-electron chi connectivity index (χ3n) is 4.87. The van der Waals surface area contributed by atoms with Crippen molar-refractivity contribution in [2.45, 2.75) is 24.5 Å². The molecule has 0 bridgehead atoms. The SMILES string of the molecule is C[S+]([O-])S(=O)(=O)c1ccc(-c2nn3c(c2C(=O)OCc2ccccc2)OCCC3)c(F)c1. The van der Waals surface area contributed by atoms with E-state index in [9.17, 15) is 22.2 Å². The van der Waals surface area contributed by atoms with Gasteiger partial charge in [-0.3, -0.25) is 0 Å². The van der Waals surface area contributed by atoms with Gasteiger partial charge in [-0.2, -0.15) is 13.5 Å². The standard InChI is InChI=1S/C21H19FN2O6S2/c1-31(26)32(27,28)15-8-9-16(17(22)12-15)19-18(20-24(23-19)10-5-11-29-20)21(25)30-13-14-6-3-2-4-7-14/h2-4,6-9,12H,5,10-11,13H2,1H3. The lowest BCUT2D eigenvalue weighted by molar-refractivity contribution is 0.0466. The first kappa shape index (κ1) is 22.3. The number of aryl methyl sites for hydroxylation is 1. The van der Waals surface area contributed by atoms with Crippen molar-refractivity contribution in [1.29, 1.82) is 0 Å². The van der Waals surface area contributed by atoms with Crippen LogP contribution in [0, 0.1) is 5.82 Å². The second-order valence-corrected chi connectivity index (χ2v) is 11.9. The maximum Gasteiger partial charge on any atom is 0.346 e. The third-order valence-corrected chi connectivity index (χ3v) is 8.75. The highest BCUT2D eigenvalue weighted by Gasteiger charge is 2.32. The molecule has 0 aliphatic carbocycles. The summed E-state index contributed by atoms with van der Waals surface area (Å²) in [5.74, 6) is -1.49. The van der Waals surface area contributed by atoms with Crippen molar-refractivity contribution in [3.8, 4) is 17.1 Å². The molecule has 11 heteroatoms. The fourth-order valence-electron chi connectivity index (χ4n) is 3.27. The summed E-state index contributed by atoms with van der Waals surface area (Å²) in [6.45, 7) is 0.842. The lowest BCUT2D eigenvalue weighted by Crippen LogP contribution is -2.17. The van der Waals surface area contributed by atoms with Gasteiger partial charge in [-0.25, -0.2) is 13.9 Å². The highest BCUT2D eigenvalue weighted by molar-refractivity contribution is 8.66. The Morgan fingerprint density at radius 2 is 2.03 bits per heavy atom. The Kier molecular flexibility index (Phi) is 6.22. The molecule has 0 radical (unpaired) electrons. The van der Waals surface area contributed by atoms with Crippen LogP contribution >= 0.6 is 0 Å². The molecule has 1 aromatic heterocycles. The van der Waals surface area contributed by atoms with Gasteiger partial charge >= 0.3 is 14.8 Å². The molecular weight excluding hydrogens is 459 g/mol. The lowest BCUT2D eigenvalue weighted by atomic mass is 10.1. The number of aromatic nitrogens is 2. The van der Waals surface area contributed by atoms with Crippen molar-refractivity contribution >= 4 is 25.0 Å². The first-order chi connectivity index (χ1) is 15.3. The van der Waals surface area contributed by atoms with Gasteiger partial charge in [0.15, 0.2) is 0 Å². The molecule has 3 aromatic rings. The minimum Gasteiger partial charge on any atom is -0.601 e. The predicted octanol–water partition coefficient (Wildman–Crippen LogP) is 2.90. The number of halogens is 1. The number of nitrogens with zero attached hydrogens (tertiary/aromatic N) is 2. The molecule has 0 saturated carbocycles. The van der Waals surface area contributed by atoms with Crippen molar-refractivity contribution in [1.82, 2.24) is 9.78 Å². The summed E-state index contributed by atoms with van der Waals surface area (Å²) in [5.41, 5.74) is 0.633. The van der Waals surface area contributed by atoms with Crippen LogP contribution in [0.5, 0.6) is 5.88 Å². The van der Waals surface area contributed by atoms with Crippen molar-refractivity contribution in [3.05, 3.63) is 65.5 Å². The van der Waals surface area contributed by atoms with E-state index in [1.54, 1.807) is 12.1 Å². The fourth-order valence-corrected chi connectivity index (χ4v) is 5.15. The van der Waals surface area contributed by atoms with E-state index in [0.29, 0.717) is 19.6 Å². The molecule has 168 valence electrons. The van der Waals surface area contributed by atoms with Crippen LogP contribution in [0.1, 0.15) is 22.3 Å². The second kappa shape index (κ2) is 8.93. The number of ether oxygens (including phenoxy) is 2. The quantitative estimate of drug-likeness (QED) is 0.304. The van der Waals surface area contributed by atoms with Gasteiger partial charge in [0.05, 0.1) is 16.8 Å². The van der Waals surface area contributed by atoms with E-state index in [1.807, 2.05) is 18.2 Å². The first-order valence-electron chi connectivity index (χ1n) is 9.62. The number of rotatable bonds is 6. The van der Waals surface area contributed by atoms with Crippen molar-refractivity contribution in [2.24, 2.45) is 0 Å². The van der Waals surface area contributed by atoms with Gasteiger partial charge in [-0.05, 0) is 23.8 Å². The van der Waals surface area contributed by atoms with Crippen LogP contribution in [-0.2, 0) is 37.0 Å². The van der Waals surface area contributed by atoms with E-state index in [-0.39, 0.29) is 29.3 Å². The van der Waals surface area contributed by atoms with E-state index < -0.39 is 35.8 Å². The first-order valence-corrected chi connectivity index (χ1v) is 13.2. The summed E-state index contributed by atoms with van der Waals surface area (Å²) in [7, 11) is -6.40. The molecule has 2 aromatic carbocycles. The Hall–Kier alpha value is -2.89. The van der Waals surface area contributed by atoms with E-state index >= 15 is 0 Å². The van der Waals surface area contributed by atoms with Crippen molar-refractivity contribution < 1.29 is 31.6 Å². The Morgan fingerprint density at radius 1 is 1.28 bits per heavy atom. The Balaban J connectivity index is 1.73. The largest absolute Gasteiger partial charge is 0.601 e. The van der Waals surface area contributed by atoms with Gasteiger partial charge in [-0.1, -0.05) is 30.3 Å². The van der Waals surface area contributed by atoms with E-state index in [0.717, 1.165) is 24.0 Å². The van der Waals surface area contributed by atoms with Gasteiger partial charge < -0.3 is 14.0 Å². The van der Waals surface area contributed by atoms with Gasteiger partial charge in [0, 0.05) is 18.5 Å². The zero-order chi connectivity index (χ0) is 22.9. The van der Waals surface area contributed by atoms with Gasteiger partial charge in [-0.15, -0.1) is 0 Å². The van der Waals surface area contributed by atoms with Gasteiger partial charge in [0.25, 0.3) is 0 Å². The van der Waals surface area contributed by atoms with Crippen LogP contribution < -0.4 is 4.74 Å². The highest BCUT2D eigenvalue weighted by atomic mass is 33.2. The maximum absolute atomic E-state index is 15.0. The summed E-state index contributed by atoms with van der Waals surface area (Å²) in [6.07, 6.45) is 1.66. The molecule has 8 nitrogen and oxygen atoms in total. The third kappa shape index (κ3) is 4.23. The van der Waals surface area contributed by atoms with Crippen LogP contribution in [0.15, 0.2) is 53.4 Å². The van der Waals surface area contributed by atoms with Crippen molar-refractivity contribution in [2.75, 3.05) is 12.9 Å². The molecule has 4 rings (SSSR count). The topological polar surface area (TPSA) is 111 Å². The summed E-state index contributed by atoms with van der Waals surface area (Å²) in [4.78, 5) is 12.5. The molecule has 0 fully saturated rings. The fraction of sp³-hybridized carbons (Fsp3) is 0.238. The number of esters is 1. The Morgan fingerprint density at radius 3 is 2.72 bits per heavy atom. The van der Waals surface area contributed by atoms with E-state index in [2.05, 4.69) is 5.10 Å². The predicted molar refractivity (Wildman–Crippen MR) is 115 cm³/mol. The number of benzene rings is 2. The highest BCUT2D eigenvalue weighted by Crippen LogP contribution is 2.35. The van der Waals surface area contributed by atoms with Crippen LogP contribution in [0.4, 0.5) is 4.39 Å². The normalized spacial score (nSPS) is 14.3. The molecule has 2 heterocycles. The molecule has 0 saturated heterocycles. The monoisotopic (exact) mass is 478 g/mol. The van der Waals surface area contributed by atoms with Gasteiger partial charge in [0.2, 0.25) is 5.88 Å². The van der Waals surface area contributed by atoms with Gasteiger partial charge in [0.1, 0.15) is 34.8 Å². The Labute approximate surface area is 186 Å². The molecule has 0 spiro atoms. The number of carbonyl (C=O) groups is 1. The number of hydrogen-bond donors (Lipinski definition) is 0. The summed E-state index contributed by atoms with van der Waals surface area (Å²) in [5, 5.41) is 4.33. The molecule has 32 heavy (non-hydrogen) atoms. The molecule has 0 N–H and O–H groups in total. The van der Waals surface area contributed by atoms with E-state index in [1.165, 1.54) is 10.7 Å². The lowest BCUT2D eigenvalue weighted by Gasteiger charge is -2.15. The second-order valence-electron chi connectivity index (χ2n) is 7.01. The zero-order valence-corrected chi connectivity index (χ0v) is 18.6. The average Bonchev–Trinajstić information content (AvgIpc) is 3.17. The average molecular weight is 479 g/mol. The smallest absolute Gasteiger partial charge is 0.346 e. The number of carbonyl (C=O) groups excluding carboxylic acids is 1. The van der Waals surface area contributed by atoms with Crippen molar-refractivity contribution in [3.63, 3.8) is 0 Å². The van der Waals surface area contributed by atoms with Crippen LogP contribution in [-0.4, -0.2) is 41.6 Å². The molecular formula is C21H19FN2O6S2. The van der Waals surface area contributed by atoms with E-state index in [4.69, 9.17) is 9.47 Å². The number of fused-ring (bicyclic) bond motifs is 1. The van der Waals surface area contributed by atoms with Crippen LogP contribution in [0.2, 0.25) is 0 Å². The summed E-state index contributed by atoms with van der Waals surface area (Å²) in [6, 6.07) is 12.2. The minimum atomic E-state index is -4.18. The van der Waals surface area contributed by atoms with Crippen LogP contribution in [0.25, 0.3) is 11.3 Å². The zero-order valence-electron chi connectivity index (χ0n) is 17.0. The summed E-state index contributed by atoms with van der Waals surface area (Å²) < 4.78 is 63.2.